The molecule has 3 N–H and O–H groups in total. The lowest BCUT2D eigenvalue weighted by molar-refractivity contribution is -0.156. The Balaban J connectivity index is 0.000000265. The average molecular weight is 736 g/mol. The average Bonchev–Trinajstić information content (AvgIpc) is 3.05. The fourth-order valence-corrected chi connectivity index (χ4v) is 4.77. The zero-order valence-corrected chi connectivity index (χ0v) is 27.3. The van der Waals surface area contributed by atoms with Crippen molar-refractivity contribution >= 4 is 64.0 Å². The van der Waals surface area contributed by atoms with E-state index in [1.807, 2.05) is 0 Å². The van der Waals surface area contributed by atoms with Crippen molar-refractivity contribution in [3.8, 4) is 0 Å². The maximum atomic E-state index is 12.5. The second-order valence-corrected chi connectivity index (χ2v) is 11.2. The first-order valence-electron chi connectivity index (χ1n) is 14.4. The van der Waals surface area contributed by atoms with Crippen LogP contribution in [0, 0.1) is 0 Å². The summed E-state index contributed by atoms with van der Waals surface area (Å²) in [7, 11) is 0. The Bertz CT molecular complexity index is 1240. The summed E-state index contributed by atoms with van der Waals surface area (Å²) in [6.07, 6.45) is -5.06. The molecule has 4 rings (SSSR count). The normalized spacial score (nSPS) is 15.7. The summed E-state index contributed by atoms with van der Waals surface area (Å²) in [5, 5.41) is 9.69. The summed E-state index contributed by atoms with van der Waals surface area (Å²) in [4.78, 5) is 33.4. The molecule has 0 radical (unpaired) electrons. The van der Waals surface area contributed by atoms with E-state index in [0.29, 0.717) is 24.8 Å². The van der Waals surface area contributed by atoms with Gasteiger partial charge in [0.05, 0.1) is 11.1 Å². The van der Waals surface area contributed by atoms with Crippen molar-refractivity contribution in [2.45, 2.75) is 50.1 Å². The van der Waals surface area contributed by atoms with E-state index in [1.54, 1.807) is 4.90 Å². The van der Waals surface area contributed by atoms with Crippen LogP contribution >= 0.6 is 34.8 Å². The number of rotatable bonds is 7. The van der Waals surface area contributed by atoms with E-state index in [0.717, 1.165) is 68.7 Å². The predicted octanol–water partition coefficient (Wildman–Crippen LogP) is 6.75. The first-order chi connectivity index (χ1) is 22.2. The molecule has 0 bridgehead atoms. The number of hydrogen-bond donors (Lipinski definition) is 3. The standard InChI is InChI=1S/C14H16ClF3N2O.C12H15F3N2.C4H4Cl2O3/c15-9-13(21)20-7-5-12(6-8-20)19-11-3-1-10(2-4-11)14(16,17)18;13-12(14,15)9-1-3-10(4-2-9)17-11-5-7-16-8-6-11;5-1-3(7)9-4(8)2-6/h1-4,12,19H,5-9H2;1-4,11,16-17H,5-8H2;1-2H2. The van der Waals surface area contributed by atoms with E-state index in [-0.39, 0.29) is 29.6 Å². The fourth-order valence-electron chi connectivity index (χ4n) is 4.49. The minimum atomic E-state index is -4.31. The van der Waals surface area contributed by atoms with Crippen molar-refractivity contribution in [3.05, 3.63) is 59.7 Å². The van der Waals surface area contributed by atoms with Crippen LogP contribution < -0.4 is 16.0 Å². The molecule has 47 heavy (non-hydrogen) atoms. The SMILES string of the molecule is FC(F)(F)c1ccc(NC2CCNCC2)cc1.O=C(CCl)N1CCC(Nc2ccc(C(F)(F)F)cc2)CC1.O=C(CCl)OC(=O)CCl. The molecule has 8 nitrogen and oxygen atoms in total. The molecular weight excluding hydrogens is 701 g/mol. The van der Waals surface area contributed by atoms with Gasteiger partial charge in [0, 0.05) is 36.5 Å². The van der Waals surface area contributed by atoms with Crippen molar-refractivity contribution in [2.24, 2.45) is 0 Å². The zero-order chi connectivity index (χ0) is 35.0. The number of carbonyl (C=O) groups excluding carboxylic acids is 3. The Hall–Kier alpha value is -2.94. The van der Waals surface area contributed by atoms with Gasteiger partial charge in [0.25, 0.3) is 0 Å². The van der Waals surface area contributed by atoms with Crippen LogP contribution in [0.5, 0.6) is 0 Å². The lowest BCUT2D eigenvalue weighted by atomic mass is 10.0. The van der Waals surface area contributed by atoms with E-state index in [2.05, 4.69) is 20.7 Å². The van der Waals surface area contributed by atoms with E-state index in [1.165, 1.54) is 24.3 Å². The monoisotopic (exact) mass is 734 g/mol. The third-order valence-electron chi connectivity index (χ3n) is 6.91. The minimum absolute atomic E-state index is 0.0169. The number of anilines is 2. The van der Waals surface area contributed by atoms with Gasteiger partial charge in [0.1, 0.15) is 17.6 Å². The number of nitrogens with zero attached hydrogens (tertiary/aromatic N) is 1. The molecule has 0 unspecified atom stereocenters. The molecule has 2 fully saturated rings. The Labute approximate surface area is 283 Å². The Morgan fingerprint density at radius 3 is 1.40 bits per heavy atom. The molecule has 17 heteroatoms. The van der Waals surface area contributed by atoms with Crippen molar-refractivity contribution in [3.63, 3.8) is 0 Å². The molecule has 1 amide bonds. The molecule has 0 aromatic heterocycles. The van der Waals surface area contributed by atoms with Crippen LogP contribution in [0.2, 0.25) is 0 Å². The van der Waals surface area contributed by atoms with Crippen LogP contribution in [0.4, 0.5) is 37.7 Å². The number of nitrogens with one attached hydrogen (secondary N) is 3. The molecular formula is C30H35Cl3F6N4O4. The quantitative estimate of drug-likeness (QED) is 0.125. The highest BCUT2D eigenvalue weighted by Gasteiger charge is 2.31. The first kappa shape index (κ1) is 40.2. The van der Waals surface area contributed by atoms with Gasteiger partial charge in [0.15, 0.2) is 0 Å². The number of ether oxygens (including phenoxy) is 1. The van der Waals surface area contributed by atoms with Gasteiger partial charge in [-0.1, -0.05) is 0 Å². The summed E-state index contributed by atoms with van der Waals surface area (Å²) in [6, 6.07) is 10.7. The maximum Gasteiger partial charge on any atom is 0.416 e. The first-order valence-corrected chi connectivity index (χ1v) is 16.0. The number of esters is 2. The Morgan fingerprint density at radius 1 is 0.681 bits per heavy atom. The van der Waals surface area contributed by atoms with Crippen molar-refractivity contribution < 1.29 is 45.5 Å². The van der Waals surface area contributed by atoms with Gasteiger partial charge in [0.2, 0.25) is 5.91 Å². The number of hydrogen-bond acceptors (Lipinski definition) is 7. The lowest BCUT2D eigenvalue weighted by Gasteiger charge is -2.32. The van der Waals surface area contributed by atoms with E-state index in [4.69, 9.17) is 34.8 Å². The topological polar surface area (TPSA) is 99.8 Å². The van der Waals surface area contributed by atoms with Crippen LogP contribution in [0.15, 0.2) is 48.5 Å². The molecule has 0 spiro atoms. The number of alkyl halides is 9. The summed E-state index contributed by atoms with van der Waals surface area (Å²) in [5.41, 5.74) is 0.152. The van der Waals surface area contributed by atoms with Gasteiger partial charge in [-0.25, -0.2) is 0 Å². The number of halogens is 9. The van der Waals surface area contributed by atoms with Crippen LogP contribution in [-0.4, -0.2) is 78.6 Å². The van der Waals surface area contributed by atoms with Crippen molar-refractivity contribution in [1.82, 2.24) is 10.2 Å². The van der Waals surface area contributed by atoms with Crippen LogP contribution in [0.25, 0.3) is 0 Å². The summed E-state index contributed by atoms with van der Waals surface area (Å²) < 4.78 is 78.4. The fraction of sp³-hybridized carbons (Fsp3) is 0.500. The Morgan fingerprint density at radius 2 is 1.06 bits per heavy atom. The number of amides is 1. The molecule has 2 aromatic rings. The Kier molecular flexibility index (Phi) is 16.9. The highest BCUT2D eigenvalue weighted by molar-refractivity contribution is 6.29. The van der Waals surface area contributed by atoms with Gasteiger partial charge in [-0.15, -0.1) is 34.8 Å². The van der Waals surface area contributed by atoms with Crippen LogP contribution in [-0.2, 0) is 31.5 Å². The minimum Gasteiger partial charge on any atom is -0.391 e. The third kappa shape index (κ3) is 15.2. The molecule has 2 heterocycles. The molecule has 0 atom stereocenters. The van der Waals surface area contributed by atoms with Gasteiger partial charge in [-0.2, -0.15) is 26.3 Å². The second kappa shape index (κ2) is 19.8. The third-order valence-corrected chi connectivity index (χ3v) is 7.58. The molecule has 2 aromatic carbocycles. The van der Waals surface area contributed by atoms with Crippen molar-refractivity contribution in [2.75, 3.05) is 54.5 Å². The predicted molar refractivity (Wildman–Crippen MR) is 169 cm³/mol. The van der Waals surface area contributed by atoms with Gasteiger partial charge in [-0.05, 0) is 87.3 Å². The second-order valence-electron chi connectivity index (χ2n) is 10.4. The number of piperidine rings is 2. The number of likely N-dealkylation sites (tertiary alicyclic amines) is 1. The van der Waals surface area contributed by atoms with Gasteiger partial charge in [-0.3, -0.25) is 14.4 Å². The van der Waals surface area contributed by atoms with Crippen LogP contribution in [0.1, 0.15) is 36.8 Å². The molecule has 0 saturated carbocycles. The largest absolute Gasteiger partial charge is 0.416 e. The molecule has 262 valence electrons. The highest BCUT2D eigenvalue weighted by Crippen LogP contribution is 2.31. The van der Waals surface area contributed by atoms with Crippen molar-refractivity contribution in [1.29, 1.82) is 0 Å². The maximum absolute atomic E-state index is 12.5. The zero-order valence-electron chi connectivity index (χ0n) is 25.0. The molecule has 2 saturated heterocycles. The highest BCUT2D eigenvalue weighted by atomic mass is 35.5. The number of carbonyl (C=O) groups is 3. The molecule has 0 aliphatic carbocycles. The van der Waals surface area contributed by atoms with Crippen LogP contribution in [0.3, 0.4) is 0 Å². The molecule has 2 aliphatic rings. The van der Waals surface area contributed by atoms with E-state index < -0.39 is 35.4 Å². The lowest BCUT2D eigenvalue weighted by Crippen LogP contribution is -2.42. The van der Waals surface area contributed by atoms with E-state index >= 15 is 0 Å². The summed E-state index contributed by atoms with van der Waals surface area (Å²) >= 11 is 15.5. The van der Waals surface area contributed by atoms with Gasteiger partial charge < -0.3 is 25.6 Å². The smallest absolute Gasteiger partial charge is 0.391 e. The van der Waals surface area contributed by atoms with E-state index in [9.17, 15) is 40.7 Å². The van der Waals surface area contributed by atoms with Gasteiger partial charge >= 0.3 is 24.3 Å². The molecule has 2 aliphatic heterocycles. The number of benzene rings is 2. The summed E-state index contributed by atoms with van der Waals surface area (Å²) in [5.74, 6) is -2.31. The summed E-state index contributed by atoms with van der Waals surface area (Å²) in [6.45, 7) is 3.14.